The van der Waals surface area contributed by atoms with Crippen LogP contribution in [0, 0.1) is 11.8 Å². The van der Waals surface area contributed by atoms with Crippen LogP contribution >= 0.6 is 0 Å². The zero-order valence-corrected chi connectivity index (χ0v) is 11.8. The summed E-state index contributed by atoms with van der Waals surface area (Å²) in [7, 11) is 0. The minimum atomic E-state index is -0.645. The highest BCUT2D eigenvalue weighted by Gasteiger charge is 2.27. The number of carbonyl (C=O) groups is 1. The third-order valence-electron chi connectivity index (χ3n) is 4.03. The van der Waals surface area contributed by atoms with E-state index in [1.165, 1.54) is 12.8 Å². The maximum Gasteiger partial charge on any atom is 0.308 e. The molecule has 1 fully saturated rings. The molecule has 4 atom stereocenters. The van der Waals surface area contributed by atoms with Crippen molar-refractivity contribution in [2.24, 2.45) is 11.8 Å². The first kappa shape index (κ1) is 15.4. The molecule has 0 saturated heterocycles. The first-order chi connectivity index (χ1) is 8.54. The summed E-state index contributed by atoms with van der Waals surface area (Å²) in [6, 6.07) is 0.464. The van der Waals surface area contributed by atoms with Crippen LogP contribution in [0.1, 0.15) is 46.5 Å². The van der Waals surface area contributed by atoms with Gasteiger partial charge in [-0.1, -0.05) is 26.7 Å². The van der Waals surface area contributed by atoms with Gasteiger partial charge in [-0.2, -0.15) is 0 Å². The van der Waals surface area contributed by atoms with Crippen molar-refractivity contribution in [2.45, 2.75) is 58.6 Å². The summed E-state index contributed by atoms with van der Waals surface area (Å²) in [5, 5.41) is 13.2. The number of carbonyl (C=O) groups excluding carboxylic acids is 1. The molecule has 4 heteroatoms. The fourth-order valence-electron chi connectivity index (χ4n) is 2.64. The van der Waals surface area contributed by atoms with Crippen LogP contribution in [-0.2, 0) is 9.53 Å². The quantitative estimate of drug-likeness (QED) is 0.711. The van der Waals surface area contributed by atoms with E-state index in [0.717, 1.165) is 12.3 Å². The van der Waals surface area contributed by atoms with Crippen LogP contribution in [0.5, 0.6) is 0 Å². The normalized spacial score (nSPS) is 29.9. The molecule has 4 unspecified atom stereocenters. The van der Waals surface area contributed by atoms with Gasteiger partial charge in [-0.25, -0.2) is 0 Å². The predicted octanol–water partition coefficient (Wildman–Crippen LogP) is 1.71. The van der Waals surface area contributed by atoms with Crippen LogP contribution in [0.25, 0.3) is 0 Å². The number of rotatable bonds is 6. The van der Waals surface area contributed by atoms with Crippen molar-refractivity contribution in [1.82, 2.24) is 5.32 Å². The Kier molecular flexibility index (Phi) is 6.65. The molecular formula is C14H27NO3. The Hall–Kier alpha value is -0.610. The first-order valence-corrected chi connectivity index (χ1v) is 7.11. The fraction of sp³-hybridized carbons (Fsp3) is 0.929. The van der Waals surface area contributed by atoms with E-state index < -0.39 is 6.10 Å². The van der Waals surface area contributed by atoms with Gasteiger partial charge in [-0.3, -0.25) is 4.79 Å². The van der Waals surface area contributed by atoms with Crippen molar-refractivity contribution in [2.75, 3.05) is 13.2 Å². The van der Waals surface area contributed by atoms with Crippen LogP contribution in [-0.4, -0.2) is 36.4 Å². The average Bonchev–Trinajstić information content (AvgIpc) is 2.31. The van der Waals surface area contributed by atoms with Gasteiger partial charge < -0.3 is 15.2 Å². The van der Waals surface area contributed by atoms with Gasteiger partial charge in [-0.05, 0) is 25.2 Å². The zero-order chi connectivity index (χ0) is 13.5. The van der Waals surface area contributed by atoms with Crippen molar-refractivity contribution >= 4 is 5.97 Å². The van der Waals surface area contributed by atoms with E-state index in [0.29, 0.717) is 25.1 Å². The molecule has 0 spiro atoms. The molecule has 1 aliphatic carbocycles. The molecule has 0 aromatic heterocycles. The van der Waals surface area contributed by atoms with Crippen LogP contribution < -0.4 is 5.32 Å². The number of aliphatic hydroxyl groups is 1. The van der Waals surface area contributed by atoms with E-state index in [1.807, 2.05) is 0 Å². The maximum atomic E-state index is 11.2. The molecule has 1 aliphatic rings. The minimum absolute atomic E-state index is 0.0808. The molecule has 0 aromatic rings. The van der Waals surface area contributed by atoms with Gasteiger partial charge in [0, 0.05) is 12.6 Å². The zero-order valence-electron chi connectivity index (χ0n) is 11.8. The average molecular weight is 257 g/mol. The fourth-order valence-corrected chi connectivity index (χ4v) is 2.64. The predicted molar refractivity (Wildman–Crippen MR) is 71.2 cm³/mol. The minimum Gasteiger partial charge on any atom is -0.466 e. The van der Waals surface area contributed by atoms with Crippen molar-refractivity contribution < 1.29 is 14.6 Å². The van der Waals surface area contributed by atoms with Gasteiger partial charge in [-0.15, -0.1) is 0 Å². The van der Waals surface area contributed by atoms with Crippen LogP contribution in [0.2, 0.25) is 0 Å². The van der Waals surface area contributed by atoms with E-state index in [9.17, 15) is 9.90 Å². The number of ether oxygens (including phenoxy) is 1. The van der Waals surface area contributed by atoms with Gasteiger partial charge in [0.25, 0.3) is 0 Å². The number of hydrogen-bond donors (Lipinski definition) is 2. The highest BCUT2D eigenvalue weighted by molar-refractivity contribution is 5.69. The monoisotopic (exact) mass is 257 g/mol. The van der Waals surface area contributed by atoms with E-state index in [2.05, 4.69) is 19.2 Å². The Balaban J connectivity index is 2.25. The van der Waals surface area contributed by atoms with Gasteiger partial charge in [0.05, 0.1) is 19.1 Å². The van der Waals surface area contributed by atoms with Crippen molar-refractivity contribution in [3.8, 4) is 0 Å². The molecule has 4 nitrogen and oxygen atoms in total. The Morgan fingerprint density at radius 3 is 2.83 bits per heavy atom. The lowest BCUT2D eigenvalue weighted by molar-refractivity contribution is -0.145. The Morgan fingerprint density at radius 2 is 2.17 bits per heavy atom. The third-order valence-corrected chi connectivity index (χ3v) is 4.03. The van der Waals surface area contributed by atoms with E-state index in [1.54, 1.807) is 6.92 Å². The van der Waals surface area contributed by atoms with Gasteiger partial charge >= 0.3 is 5.97 Å². The van der Waals surface area contributed by atoms with Crippen molar-refractivity contribution in [3.63, 3.8) is 0 Å². The van der Waals surface area contributed by atoms with Gasteiger partial charge in [0.15, 0.2) is 0 Å². The molecule has 0 aromatic carbocycles. The maximum absolute atomic E-state index is 11.2. The Bertz CT molecular complexity index is 257. The summed E-state index contributed by atoms with van der Waals surface area (Å²) >= 11 is 0. The lowest BCUT2D eigenvalue weighted by atomic mass is 9.78. The van der Waals surface area contributed by atoms with Crippen molar-refractivity contribution in [3.05, 3.63) is 0 Å². The third kappa shape index (κ3) is 4.94. The highest BCUT2D eigenvalue weighted by Crippen LogP contribution is 2.29. The summed E-state index contributed by atoms with van der Waals surface area (Å²) in [5.41, 5.74) is 0. The Labute approximate surface area is 110 Å². The molecule has 18 heavy (non-hydrogen) atoms. The first-order valence-electron chi connectivity index (χ1n) is 7.11. The van der Waals surface area contributed by atoms with Crippen LogP contribution in [0.4, 0.5) is 0 Å². The lowest BCUT2D eigenvalue weighted by Crippen LogP contribution is -2.44. The number of hydrogen-bond acceptors (Lipinski definition) is 4. The number of esters is 1. The standard InChI is InChI=1S/C14H27NO3/c1-4-18-14(17)8-12(16)9-15-13-7-5-6-10(2)11(13)3/h10-13,15-16H,4-9H2,1-3H3. The largest absolute Gasteiger partial charge is 0.466 e. The second-order valence-corrected chi connectivity index (χ2v) is 5.45. The summed E-state index contributed by atoms with van der Waals surface area (Å²) < 4.78 is 4.82. The van der Waals surface area contributed by atoms with Crippen LogP contribution in [0.3, 0.4) is 0 Å². The lowest BCUT2D eigenvalue weighted by Gasteiger charge is -2.35. The molecule has 0 heterocycles. The summed E-state index contributed by atoms with van der Waals surface area (Å²) in [5.74, 6) is 1.05. The van der Waals surface area contributed by atoms with E-state index in [-0.39, 0.29) is 12.4 Å². The van der Waals surface area contributed by atoms with Crippen molar-refractivity contribution in [1.29, 1.82) is 0 Å². The molecule has 1 rings (SSSR count). The molecule has 0 amide bonds. The molecular weight excluding hydrogens is 230 g/mol. The summed E-state index contributed by atoms with van der Waals surface area (Å²) in [6.07, 6.45) is 3.14. The molecule has 0 radical (unpaired) electrons. The Morgan fingerprint density at radius 1 is 1.44 bits per heavy atom. The molecule has 1 saturated carbocycles. The van der Waals surface area contributed by atoms with Gasteiger partial charge in [0.1, 0.15) is 0 Å². The molecule has 106 valence electrons. The SMILES string of the molecule is CCOC(=O)CC(O)CNC1CCCC(C)C1C. The number of nitrogens with one attached hydrogen (secondary N) is 1. The smallest absolute Gasteiger partial charge is 0.308 e. The number of aliphatic hydroxyl groups excluding tert-OH is 1. The molecule has 2 N–H and O–H groups in total. The molecule has 0 bridgehead atoms. The highest BCUT2D eigenvalue weighted by atomic mass is 16.5. The second kappa shape index (κ2) is 7.74. The topological polar surface area (TPSA) is 58.6 Å². The van der Waals surface area contributed by atoms with Crippen LogP contribution in [0.15, 0.2) is 0 Å². The molecule has 0 aliphatic heterocycles. The summed E-state index contributed by atoms with van der Waals surface area (Å²) in [6.45, 7) is 7.16. The summed E-state index contributed by atoms with van der Waals surface area (Å²) in [4.78, 5) is 11.2. The second-order valence-electron chi connectivity index (χ2n) is 5.45. The van der Waals surface area contributed by atoms with E-state index >= 15 is 0 Å². The van der Waals surface area contributed by atoms with E-state index in [4.69, 9.17) is 4.74 Å². The van der Waals surface area contributed by atoms with Gasteiger partial charge in [0.2, 0.25) is 0 Å².